The van der Waals surface area contributed by atoms with Crippen molar-refractivity contribution < 1.29 is 14.6 Å². The van der Waals surface area contributed by atoms with E-state index in [1.165, 1.54) is 7.11 Å². The molecule has 0 aromatic carbocycles. The second-order valence-electron chi connectivity index (χ2n) is 1.59. The van der Waals surface area contributed by atoms with Crippen molar-refractivity contribution in [3.05, 3.63) is 0 Å². The molecule has 3 nitrogen and oxygen atoms in total. The van der Waals surface area contributed by atoms with Crippen LogP contribution in [0, 0.1) is 11.8 Å². The first-order valence-corrected chi connectivity index (χ1v) is 2.94. The largest absolute Gasteiger partial charge is 0.469 e. The lowest BCUT2D eigenvalue weighted by Crippen LogP contribution is -1.98. The van der Waals surface area contributed by atoms with Gasteiger partial charge in [0.2, 0.25) is 0 Å². The van der Waals surface area contributed by atoms with Gasteiger partial charge in [0.15, 0.2) is 0 Å². The Morgan fingerprint density at radius 2 is 2.30 bits per heavy atom. The van der Waals surface area contributed by atoms with Crippen LogP contribution in [0.1, 0.15) is 12.8 Å². The number of carbonyl (C=O) groups excluding carboxylic acids is 1. The molecule has 0 unspecified atom stereocenters. The molecule has 0 atom stereocenters. The molecule has 0 saturated carbocycles. The Bertz CT molecular complexity index is 152. The van der Waals surface area contributed by atoms with Gasteiger partial charge in [-0.3, -0.25) is 4.79 Å². The maximum Gasteiger partial charge on any atom is 0.306 e. The highest BCUT2D eigenvalue weighted by molar-refractivity contribution is 5.69. The number of ether oxygens (including phenoxy) is 1. The molecule has 56 valence electrons. The van der Waals surface area contributed by atoms with Crippen molar-refractivity contribution in [2.45, 2.75) is 12.8 Å². The first kappa shape index (κ1) is 8.99. The smallest absolute Gasteiger partial charge is 0.306 e. The fourth-order valence-electron chi connectivity index (χ4n) is 0.411. The van der Waals surface area contributed by atoms with Crippen LogP contribution in [0.25, 0.3) is 0 Å². The zero-order chi connectivity index (χ0) is 7.82. The lowest BCUT2D eigenvalue weighted by atomic mass is 10.3. The van der Waals surface area contributed by atoms with Gasteiger partial charge in [-0.15, -0.1) is 5.92 Å². The average molecular weight is 142 g/mol. The summed E-state index contributed by atoms with van der Waals surface area (Å²) in [6, 6.07) is 0. The van der Waals surface area contributed by atoms with E-state index in [1.807, 2.05) is 0 Å². The Morgan fingerprint density at radius 1 is 1.60 bits per heavy atom. The second-order valence-corrected chi connectivity index (χ2v) is 1.59. The molecular weight excluding hydrogens is 132 g/mol. The van der Waals surface area contributed by atoms with Crippen LogP contribution < -0.4 is 0 Å². The lowest BCUT2D eigenvalue weighted by Gasteiger charge is -1.91. The number of carbonyl (C=O) groups is 1. The van der Waals surface area contributed by atoms with E-state index in [2.05, 4.69) is 16.6 Å². The van der Waals surface area contributed by atoms with Crippen LogP contribution in [0.3, 0.4) is 0 Å². The second kappa shape index (κ2) is 6.12. The molecule has 0 aromatic heterocycles. The molecule has 1 N–H and O–H groups in total. The minimum atomic E-state index is -0.271. The molecule has 0 fully saturated rings. The summed E-state index contributed by atoms with van der Waals surface area (Å²) in [5, 5.41) is 8.20. The van der Waals surface area contributed by atoms with Crippen molar-refractivity contribution >= 4 is 5.97 Å². The fourth-order valence-corrected chi connectivity index (χ4v) is 0.411. The van der Waals surface area contributed by atoms with E-state index in [0.29, 0.717) is 12.8 Å². The zero-order valence-corrected chi connectivity index (χ0v) is 5.89. The zero-order valence-electron chi connectivity index (χ0n) is 5.89. The third-order valence-corrected chi connectivity index (χ3v) is 0.886. The number of methoxy groups -OCH3 is 1. The van der Waals surface area contributed by atoms with Crippen LogP contribution >= 0.6 is 0 Å². The molecule has 0 amide bonds. The lowest BCUT2D eigenvalue weighted by molar-refractivity contribution is -0.140. The van der Waals surface area contributed by atoms with Gasteiger partial charge < -0.3 is 9.84 Å². The molecule has 0 aliphatic heterocycles. The summed E-state index contributed by atoms with van der Waals surface area (Å²) in [5.74, 6) is 4.75. The Kier molecular flexibility index (Phi) is 5.50. The number of hydrogen-bond acceptors (Lipinski definition) is 3. The van der Waals surface area contributed by atoms with Crippen LogP contribution in [0.4, 0.5) is 0 Å². The third kappa shape index (κ3) is 5.13. The summed E-state index contributed by atoms with van der Waals surface area (Å²) in [6.45, 7) is -0.152. The SMILES string of the molecule is COC(=O)CCC#CCO. The quantitative estimate of drug-likeness (QED) is 0.434. The Morgan fingerprint density at radius 3 is 2.80 bits per heavy atom. The predicted molar refractivity (Wildman–Crippen MR) is 36.1 cm³/mol. The van der Waals surface area contributed by atoms with Crippen LogP contribution in [0.2, 0.25) is 0 Å². The fraction of sp³-hybridized carbons (Fsp3) is 0.571. The minimum absolute atomic E-state index is 0.152. The van der Waals surface area contributed by atoms with Crippen molar-refractivity contribution in [1.29, 1.82) is 0 Å². The monoisotopic (exact) mass is 142 g/mol. The van der Waals surface area contributed by atoms with E-state index in [1.54, 1.807) is 0 Å². The number of aliphatic hydroxyl groups excluding tert-OH is 1. The number of esters is 1. The van der Waals surface area contributed by atoms with E-state index in [4.69, 9.17) is 5.11 Å². The topological polar surface area (TPSA) is 46.5 Å². The van der Waals surface area contributed by atoms with Gasteiger partial charge >= 0.3 is 5.97 Å². The van der Waals surface area contributed by atoms with E-state index < -0.39 is 0 Å². The third-order valence-electron chi connectivity index (χ3n) is 0.886. The van der Waals surface area contributed by atoms with Gasteiger partial charge in [-0.05, 0) is 0 Å². The van der Waals surface area contributed by atoms with Gasteiger partial charge in [-0.2, -0.15) is 0 Å². The van der Waals surface area contributed by atoms with Gasteiger partial charge in [0.05, 0.1) is 13.5 Å². The van der Waals surface area contributed by atoms with E-state index in [-0.39, 0.29) is 12.6 Å². The van der Waals surface area contributed by atoms with Gasteiger partial charge in [-0.1, -0.05) is 5.92 Å². The minimum Gasteiger partial charge on any atom is -0.469 e. The highest BCUT2D eigenvalue weighted by Gasteiger charge is 1.94. The van der Waals surface area contributed by atoms with Crippen LogP contribution in [-0.4, -0.2) is 24.8 Å². The predicted octanol–water partition coefficient (Wildman–Crippen LogP) is -0.0647. The van der Waals surface area contributed by atoms with Crippen LogP contribution in [-0.2, 0) is 9.53 Å². The van der Waals surface area contributed by atoms with Crippen LogP contribution in [0.15, 0.2) is 0 Å². The van der Waals surface area contributed by atoms with E-state index in [9.17, 15) is 4.79 Å². The summed E-state index contributed by atoms with van der Waals surface area (Å²) in [6.07, 6.45) is 0.747. The molecule has 0 bridgehead atoms. The maximum absolute atomic E-state index is 10.4. The highest BCUT2D eigenvalue weighted by Crippen LogP contribution is 1.88. The summed E-state index contributed by atoms with van der Waals surface area (Å²) < 4.78 is 4.36. The summed E-state index contributed by atoms with van der Waals surface area (Å²) in [4.78, 5) is 10.4. The summed E-state index contributed by atoms with van der Waals surface area (Å²) in [5.41, 5.74) is 0. The average Bonchev–Trinajstić information content (AvgIpc) is 1.98. The Balaban J connectivity index is 3.27. The Labute approximate surface area is 60.0 Å². The van der Waals surface area contributed by atoms with Gasteiger partial charge in [0, 0.05) is 6.42 Å². The normalized spacial score (nSPS) is 7.80. The molecular formula is C7H10O3. The van der Waals surface area contributed by atoms with Crippen LogP contribution in [0.5, 0.6) is 0 Å². The summed E-state index contributed by atoms with van der Waals surface area (Å²) >= 11 is 0. The summed E-state index contributed by atoms with van der Waals surface area (Å²) in [7, 11) is 1.34. The molecule has 0 heterocycles. The molecule has 10 heavy (non-hydrogen) atoms. The van der Waals surface area contributed by atoms with E-state index >= 15 is 0 Å². The van der Waals surface area contributed by atoms with Gasteiger partial charge in [0.25, 0.3) is 0 Å². The molecule has 0 radical (unpaired) electrons. The first-order valence-electron chi connectivity index (χ1n) is 2.94. The number of rotatable bonds is 2. The maximum atomic E-state index is 10.4. The molecule has 0 aromatic rings. The number of aliphatic hydroxyl groups is 1. The Hall–Kier alpha value is -1.01. The van der Waals surface area contributed by atoms with Crippen molar-refractivity contribution in [2.24, 2.45) is 0 Å². The first-order chi connectivity index (χ1) is 4.81. The molecule has 0 rings (SSSR count). The molecule has 3 heteroatoms. The van der Waals surface area contributed by atoms with Gasteiger partial charge in [0.1, 0.15) is 6.61 Å². The number of hydrogen-bond donors (Lipinski definition) is 1. The van der Waals surface area contributed by atoms with E-state index in [0.717, 1.165) is 0 Å². The molecule has 0 spiro atoms. The van der Waals surface area contributed by atoms with Crippen molar-refractivity contribution in [3.8, 4) is 11.8 Å². The molecule has 0 saturated heterocycles. The van der Waals surface area contributed by atoms with Crippen molar-refractivity contribution in [3.63, 3.8) is 0 Å². The standard InChI is InChI=1S/C7H10O3/c1-10-7(9)5-3-2-4-6-8/h8H,3,5-6H2,1H3. The van der Waals surface area contributed by atoms with Crippen molar-refractivity contribution in [2.75, 3.05) is 13.7 Å². The van der Waals surface area contributed by atoms with Gasteiger partial charge in [-0.25, -0.2) is 0 Å². The molecule has 0 aliphatic carbocycles. The molecule has 0 aliphatic rings. The highest BCUT2D eigenvalue weighted by atomic mass is 16.5. The van der Waals surface area contributed by atoms with Crippen molar-refractivity contribution in [1.82, 2.24) is 0 Å².